The molecule has 21 heavy (non-hydrogen) atoms. The van der Waals surface area contributed by atoms with Crippen molar-refractivity contribution in [3.05, 3.63) is 22.6 Å². The summed E-state index contributed by atoms with van der Waals surface area (Å²) in [6, 6.07) is 0. The van der Waals surface area contributed by atoms with E-state index in [0.29, 0.717) is 12.1 Å². The minimum absolute atomic E-state index is 0.00956. The molecule has 9 heteroatoms. The van der Waals surface area contributed by atoms with Crippen LogP contribution in [0.15, 0.2) is 6.33 Å². The fourth-order valence-corrected chi connectivity index (χ4v) is 2.23. The maximum Gasteiger partial charge on any atom is 0.322 e. The highest BCUT2D eigenvalue weighted by Crippen LogP contribution is 2.33. The van der Waals surface area contributed by atoms with Crippen molar-refractivity contribution in [2.24, 2.45) is 0 Å². The van der Waals surface area contributed by atoms with E-state index in [9.17, 15) is 14.7 Å². The van der Waals surface area contributed by atoms with Crippen molar-refractivity contribution < 1.29 is 19.8 Å². The topological polar surface area (TPSA) is 117 Å². The van der Waals surface area contributed by atoms with Crippen LogP contribution in [-0.4, -0.2) is 43.2 Å². The maximum absolute atomic E-state index is 12.0. The molecular weight excluding hydrogens is 300 g/mol. The van der Waals surface area contributed by atoms with E-state index in [1.165, 1.54) is 10.8 Å². The summed E-state index contributed by atoms with van der Waals surface area (Å²) >= 11 is 6.08. The number of aromatic hydroxyl groups is 1. The third kappa shape index (κ3) is 2.75. The molecule has 2 heterocycles. The first-order valence-electron chi connectivity index (χ1n) is 6.20. The molecule has 0 aliphatic carbocycles. The van der Waals surface area contributed by atoms with Crippen LogP contribution < -0.4 is 5.32 Å². The number of carboxylic acids is 1. The number of pyridine rings is 1. The lowest BCUT2D eigenvalue weighted by atomic mass is 10.1. The van der Waals surface area contributed by atoms with E-state index in [2.05, 4.69) is 15.4 Å². The van der Waals surface area contributed by atoms with Crippen molar-refractivity contribution in [3.63, 3.8) is 0 Å². The zero-order valence-electron chi connectivity index (χ0n) is 11.1. The first-order chi connectivity index (χ1) is 9.97. The predicted octanol–water partition coefficient (Wildman–Crippen LogP) is 0.855. The average Bonchev–Trinajstić information content (AvgIpc) is 2.90. The number of hydrogen-bond acceptors (Lipinski definition) is 5. The number of rotatable bonds is 5. The maximum atomic E-state index is 12.0. The molecule has 0 radical (unpaired) electrons. The Labute approximate surface area is 124 Å². The van der Waals surface area contributed by atoms with Gasteiger partial charge in [0.1, 0.15) is 23.5 Å². The molecule has 0 fully saturated rings. The molecule has 0 saturated heterocycles. The molecular formula is C12H13ClN4O4. The van der Waals surface area contributed by atoms with Gasteiger partial charge in [0.25, 0.3) is 5.91 Å². The highest BCUT2D eigenvalue weighted by molar-refractivity contribution is 6.33. The molecule has 1 amide bonds. The number of aliphatic carboxylic acids is 1. The second-order valence-electron chi connectivity index (χ2n) is 4.31. The van der Waals surface area contributed by atoms with E-state index in [1.807, 2.05) is 6.92 Å². The van der Waals surface area contributed by atoms with Crippen molar-refractivity contribution in [3.8, 4) is 5.75 Å². The monoisotopic (exact) mass is 312 g/mol. The van der Waals surface area contributed by atoms with Crippen molar-refractivity contribution in [2.75, 3.05) is 6.54 Å². The van der Waals surface area contributed by atoms with Gasteiger partial charge in [-0.3, -0.25) is 9.59 Å². The fourth-order valence-electron chi connectivity index (χ4n) is 1.96. The number of nitrogens with zero attached hydrogens (tertiary/aromatic N) is 3. The Hall–Kier alpha value is -2.35. The van der Waals surface area contributed by atoms with Crippen LogP contribution >= 0.6 is 11.6 Å². The Balaban J connectivity index is 2.56. The molecule has 0 atom stereocenters. The van der Waals surface area contributed by atoms with E-state index in [-0.39, 0.29) is 16.2 Å². The second kappa shape index (κ2) is 5.96. The number of halogens is 1. The molecule has 2 rings (SSSR count). The molecule has 2 aromatic rings. The van der Waals surface area contributed by atoms with E-state index < -0.39 is 24.2 Å². The Bertz CT molecular complexity index is 713. The number of nitrogens with one attached hydrogen (secondary N) is 1. The smallest absolute Gasteiger partial charge is 0.322 e. The molecule has 2 aromatic heterocycles. The number of hydrogen-bond donors (Lipinski definition) is 3. The normalized spacial score (nSPS) is 10.8. The number of aryl methyl sites for hydroxylation is 1. The third-order valence-electron chi connectivity index (χ3n) is 2.84. The molecule has 0 spiro atoms. The zero-order valence-corrected chi connectivity index (χ0v) is 11.9. The number of carbonyl (C=O) groups is 2. The van der Waals surface area contributed by atoms with Crippen LogP contribution in [0.3, 0.4) is 0 Å². The van der Waals surface area contributed by atoms with Gasteiger partial charge in [0.05, 0.1) is 5.69 Å². The van der Waals surface area contributed by atoms with Gasteiger partial charge in [0.15, 0.2) is 11.4 Å². The van der Waals surface area contributed by atoms with Gasteiger partial charge in [0.2, 0.25) is 0 Å². The van der Waals surface area contributed by atoms with Gasteiger partial charge in [-0.1, -0.05) is 24.9 Å². The molecule has 8 nitrogen and oxygen atoms in total. The molecule has 0 aromatic carbocycles. The lowest BCUT2D eigenvalue weighted by Crippen LogP contribution is -2.30. The lowest BCUT2D eigenvalue weighted by molar-refractivity contribution is -0.135. The average molecular weight is 313 g/mol. The van der Waals surface area contributed by atoms with Crippen molar-refractivity contribution in [2.45, 2.75) is 19.8 Å². The highest BCUT2D eigenvalue weighted by Gasteiger charge is 2.24. The highest BCUT2D eigenvalue weighted by atomic mass is 35.5. The summed E-state index contributed by atoms with van der Waals surface area (Å²) < 4.78 is 1.38. The summed E-state index contributed by atoms with van der Waals surface area (Å²) in [6.45, 7) is 1.36. The van der Waals surface area contributed by atoms with Crippen molar-refractivity contribution in [1.29, 1.82) is 0 Å². The number of fused-ring (bicyclic) bond motifs is 1. The van der Waals surface area contributed by atoms with Crippen LogP contribution in [0.4, 0.5) is 0 Å². The Kier molecular flexibility index (Phi) is 4.27. The molecule has 112 valence electrons. The quantitative estimate of drug-likeness (QED) is 0.753. The van der Waals surface area contributed by atoms with Gasteiger partial charge < -0.3 is 15.5 Å². The predicted molar refractivity (Wildman–Crippen MR) is 73.6 cm³/mol. The zero-order chi connectivity index (χ0) is 15.6. The number of carboxylic acid groups (broad SMARTS) is 1. The first-order valence-corrected chi connectivity index (χ1v) is 6.58. The van der Waals surface area contributed by atoms with Gasteiger partial charge in [0, 0.05) is 0 Å². The molecule has 0 bridgehead atoms. The summed E-state index contributed by atoms with van der Waals surface area (Å²) in [5.41, 5.74) is 0.473. The standard InChI is InChI=1S/C12H13ClN4O4/c1-2-3-6-9(13)10(20)8(11-15-5-16-17(6)11)12(21)14-4-7(18)19/h5,20H,2-4H2,1H3,(H,14,21)(H,18,19). The number of aromatic nitrogens is 3. The minimum Gasteiger partial charge on any atom is -0.505 e. The van der Waals surface area contributed by atoms with Crippen LogP contribution in [0.2, 0.25) is 5.02 Å². The largest absolute Gasteiger partial charge is 0.505 e. The SMILES string of the molecule is CCCc1c(Cl)c(O)c(C(=O)NCC(=O)O)c2ncnn12. The fraction of sp³-hybridized carbons (Fsp3) is 0.333. The molecule has 0 unspecified atom stereocenters. The van der Waals surface area contributed by atoms with E-state index in [4.69, 9.17) is 16.7 Å². The van der Waals surface area contributed by atoms with Crippen LogP contribution in [0.5, 0.6) is 5.75 Å². The van der Waals surface area contributed by atoms with Crippen molar-refractivity contribution in [1.82, 2.24) is 19.9 Å². The van der Waals surface area contributed by atoms with Gasteiger partial charge in [-0.25, -0.2) is 9.50 Å². The van der Waals surface area contributed by atoms with Crippen LogP contribution in [0.25, 0.3) is 5.65 Å². The van der Waals surface area contributed by atoms with E-state index in [1.54, 1.807) is 0 Å². The summed E-state index contributed by atoms with van der Waals surface area (Å²) in [7, 11) is 0. The van der Waals surface area contributed by atoms with Gasteiger partial charge in [-0.2, -0.15) is 5.10 Å². The molecule has 0 saturated carbocycles. The van der Waals surface area contributed by atoms with Gasteiger partial charge in [-0.05, 0) is 6.42 Å². The van der Waals surface area contributed by atoms with E-state index in [0.717, 1.165) is 6.42 Å². The lowest BCUT2D eigenvalue weighted by Gasteiger charge is -2.12. The Morgan fingerprint density at radius 3 is 2.81 bits per heavy atom. The van der Waals surface area contributed by atoms with E-state index >= 15 is 0 Å². The van der Waals surface area contributed by atoms with Crippen molar-refractivity contribution >= 4 is 29.1 Å². The summed E-state index contributed by atoms with van der Waals surface area (Å²) in [5.74, 6) is -2.41. The summed E-state index contributed by atoms with van der Waals surface area (Å²) in [5, 5.41) is 24.9. The number of carbonyl (C=O) groups excluding carboxylic acids is 1. The van der Waals surface area contributed by atoms with Crippen LogP contribution in [0, 0.1) is 0 Å². The summed E-state index contributed by atoms with van der Waals surface area (Å²) in [4.78, 5) is 26.5. The van der Waals surface area contributed by atoms with Crippen LogP contribution in [-0.2, 0) is 11.2 Å². The summed E-state index contributed by atoms with van der Waals surface area (Å²) in [6.07, 6.45) is 2.54. The third-order valence-corrected chi connectivity index (χ3v) is 3.24. The molecule has 3 N–H and O–H groups in total. The number of amides is 1. The first kappa shape index (κ1) is 15.0. The molecule has 0 aliphatic rings. The Morgan fingerprint density at radius 1 is 1.48 bits per heavy atom. The van der Waals surface area contributed by atoms with Crippen LogP contribution in [0.1, 0.15) is 29.4 Å². The minimum atomic E-state index is -1.20. The van der Waals surface area contributed by atoms with Gasteiger partial charge in [-0.15, -0.1) is 0 Å². The second-order valence-corrected chi connectivity index (χ2v) is 4.68. The Morgan fingerprint density at radius 2 is 2.19 bits per heavy atom. The molecule has 0 aliphatic heterocycles. The van der Waals surface area contributed by atoms with Gasteiger partial charge >= 0.3 is 5.97 Å².